The Morgan fingerprint density at radius 2 is 2.06 bits per heavy atom. The first-order valence-electron chi connectivity index (χ1n) is 5.81. The molecule has 0 saturated heterocycles. The Morgan fingerprint density at radius 1 is 1.22 bits per heavy atom. The summed E-state index contributed by atoms with van der Waals surface area (Å²) in [6.07, 6.45) is 0. The second-order valence-electron chi connectivity index (χ2n) is 4.12. The maximum Gasteiger partial charge on any atom is 0.160 e. The minimum Gasteiger partial charge on any atom is -0.504 e. The third-order valence-electron chi connectivity index (χ3n) is 2.67. The number of aryl methyl sites for hydroxylation is 1. The molecule has 0 saturated carbocycles. The largest absolute Gasteiger partial charge is 0.504 e. The maximum atomic E-state index is 9.48. The van der Waals surface area contributed by atoms with Gasteiger partial charge in [-0.3, -0.25) is 0 Å². The van der Waals surface area contributed by atoms with Crippen molar-refractivity contribution in [1.82, 2.24) is 5.32 Å². The normalized spacial score (nSPS) is 10.6. The van der Waals surface area contributed by atoms with Crippen molar-refractivity contribution in [2.75, 3.05) is 7.11 Å². The summed E-state index contributed by atoms with van der Waals surface area (Å²) in [6.45, 7) is 3.29. The molecule has 0 spiro atoms. The third-order valence-corrected chi connectivity index (χ3v) is 2.67. The number of furan rings is 1. The van der Waals surface area contributed by atoms with Crippen molar-refractivity contribution in [3.8, 4) is 11.5 Å². The van der Waals surface area contributed by atoms with E-state index in [1.54, 1.807) is 6.07 Å². The number of methoxy groups -OCH3 is 1. The summed E-state index contributed by atoms with van der Waals surface area (Å²) < 4.78 is 10.5. The number of phenols is 1. The van der Waals surface area contributed by atoms with Gasteiger partial charge >= 0.3 is 0 Å². The van der Waals surface area contributed by atoms with Crippen molar-refractivity contribution >= 4 is 0 Å². The predicted molar refractivity (Wildman–Crippen MR) is 68.6 cm³/mol. The van der Waals surface area contributed by atoms with Gasteiger partial charge in [0.25, 0.3) is 0 Å². The van der Waals surface area contributed by atoms with Crippen molar-refractivity contribution in [2.45, 2.75) is 20.0 Å². The summed E-state index contributed by atoms with van der Waals surface area (Å²) >= 11 is 0. The van der Waals surface area contributed by atoms with Gasteiger partial charge in [-0.15, -0.1) is 0 Å². The van der Waals surface area contributed by atoms with Gasteiger partial charge in [-0.1, -0.05) is 6.07 Å². The zero-order chi connectivity index (χ0) is 13.0. The molecule has 0 aliphatic rings. The number of hydrogen-bond acceptors (Lipinski definition) is 4. The summed E-state index contributed by atoms with van der Waals surface area (Å²) in [6, 6.07) is 9.21. The first-order valence-corrected chi connectivity index (χ1v) is 5.81. The van der Waals surface area contributed by atoms with E-state index in [-0.39, 0.29) is 5.75 Å². The number of aromatic hydroxyl groups is 1. The zero-order valence-corrected chi connectivity index (χ0v) is 10.6. The van der Waals surface area contributed by atoms with Crippen LogP contribution in [0.5, 0.6) is 11.5 Å². The molecule has 0 fully saturated rings. The van der Waals surface area contributed by atoms with E-state index in [9.17, 15) is 5.11 Å². The van der Waals surface area contributed by atoms with Gasteiger partial charge in [0.05, 0.1) is 13.7 Å². The summed E-state index contributed by atoms with van der Waals surface area (Å²) in [5.41, 5.74) is 1.05. The average molecular weight is 247 g/mol. The minimum atomic E-state index is 0.155. The van der Waals surface area contributed by atoms with Crippen LogP contribution in [0.25, 0.3) is 0 Å². The number of benzene rings is 1. The Kier molecular flexibility index (Phi) is 3.89. The molecular weight excluding hydrogens is 230 g/mol. The van der Waals surface area contributed by atoms with Crippen molar-refractivity contribution in [2.24, 2.45) is 0 Å². The van der Waals surface area contributed by atoms with Crippen LogP contribution in [0.3, 0.4) is 0 Å². The van der Waals surface area contributed by atoms with Gasteiger partial charge in [0.1, 0.15) is 11.5 Å². The van der Waals surface area contributed by atoms with Crippen molar-refractivity contribution in [1.29, 1.82) is 0 Å². The van der Waals surface area contributed by atoms with Gasteiger partial charge in [-0.05, 0) is 36.8 Å². The Hall–Kier alpha value is -1.94. The SMILES string of the molecule is COc1cc(CNCc2ccc(C)o2)ccc1O. The highest BCUT2D eigenvalue weighted by Gasteiger charge is 2.03. The lowest BCUT2D eigenvalue weighted by molar-refractivity contribution is 0.372. The Morgan fingerprint density at radius 3 is 2.72 bits per heavy atom. The standard InChI is InChI=1S/C14H17NO3/c1-10-3-5-12(18-10)9-15-8-11-4-6-13(16)14(7-11)17-2/h3-7,15-16H,8-9H2,1-2H3. The van der Waals surface area contributed by atoms with Crippen molar-refractivity contribution < 1.29 is 14.3 Å². The van der Waals surface area contributed by atoms with Gasteiger partial charge in [-0.2, -0.15) is 0 Å². The number of ether oxygens (including phenoxy) is 1. The van der Waals surface area contributed by atoms with Gasteiger partial charge in [0.2, 0.25) is 0 Å². The Bertz CT molecular complexity index is 520. The Balaban J connectivity index is 1.90. The lowest BCUT2D eigenvalue weighted by atomic mass is 10.2. The number of rotatable bonds is 5. The molecule has 2 N–H and O–H groups in total. The van der Waals surface area contributed by atoms with E-state index in [1.165, 1.54) is 7.11 Å². The molecule has 1 heterocycles. The van der Waals surface area contributed by atoms with Gasteiger partial charge < -0.3 is 19.6 Å². The summed E-state index contributed by atoms with van der Waals surface area (Å²) in [5, 5.41) is 12.8. The fraction of sp³-hybridized carbons (Fsp3) is 0.286. The summed E-state index contributed by atoms with van der Waals surface area (Å²) in [4.78, 5) is 0. The van der Waals surface area contributed by atoms with Crippen LogP contribution in [0.4, 0.5) is 0 Å². The van der Waals surface area contributed by atoms with E-state index in [4.69, 9.17) is 9.15 Å². The quantitative estimate of drug-likeness (QED) is 0.852. The molecule has 0 amide bonds. The van der Waals surface area contributed by atoms with E-state index < -0.39 is 0 Å². The lowest BCUT2D eigenvalue weighted by Crippen LogP contribution is -2.12. The van der Waals surface area contributed by atoms with Crippen molar-refractivity contribution in [3.63, 3.8) is 0 Å². The average Bonchev–Trinajstić information content (AvgIpc) is 2.77. The summed E-state index contributed by atoms with van der Waals surface area (Å²) in [7, 11) is 1.54. The van der Waals surface area contributed by atoms with E-state index in [0.29, 0.717) is 18.8 Å². The second-order valence-corrected chi connectivity index (χ2v) is 4.12. The first kappa shape index (κ1) is 12.5. The van der Waals surface area contributed by atoms with Crippen LogP contribution in [0.15, 0.2) is 34.7 Å². The molecular formula is C14H17NO3. The van der Waals surface area contributed by atoms with E-state index in [1.807, 2.05) is 31.2 Å². The maximum absolute atomic E-state index is 9.48. The molecule has 4 heteroatoms. The highest BCUT2D eigenvalue weighted by molar-refractivity contribution is 5.41. The van der Waals surface area contributed by atoms with Crippen LogP contribution in [0.2, 0.25) is 0 Å². The minimum absolute atomic E-state index is 0.155. The van der Waals surface area contributed by atoms with E-state index in [0.717, 1.165) is 17.1 Å². The predicted octanol–water partition coefficient (Wildman–Crippen LogP) is 2.59. The van der Waals surface area contributed by atoms with Crippen LogP contribution in [0.1, 0.15) is 17.1 Å². The molecule has 0 aliphatic heterocycles. The van der Waals surface area contributed by atoms with Crippen LogP contribution in [-0.4, -0.2) is 12.2 Å². The molecule has 0 aliphatic carbocycles. The molecule has 0 atom stereocenters. The molecule has 96 valence electrons. The van der Waals surface area contributed by atoms with Crippen LogP contribution < -0.4 is 10.1 Å². The monoisotopic (exact) mass is 247 g/mol. The molecule has 0 unspecified atom stereocenters. The van der Waals surface area contributed by atoms with Crippen LogP contribution in [0, 0.1) is 6.92 Å². The molecule has 0 radical (unpaired) electrons. The first-order chi connectivity index (χ1) is 8.69. The second kappa shape index (κ2) is 5.60. The van der Waals surface area contributed by atoms with Gasteiger partial charge in [0, 0.05) is 6.54 Å². The fourth-order valence-corrected chi connectivity index (χ4v) is 1.74. The molecule has 1 aromatic heterocycles. The van der Waals surface area contributed by atoms with Gasteiger partial charge in [0.15, 0.2) is 11.5 Å². The fourth-order valence-electron chi connectivity index (χ4n) is 1.74. The highest BCUT2D eigenvalue weighted by atomic mass is 16.5. The smallest absolute Gasteiger partial charge is 0.160 e. The third kappa shape index (κ3) is 3.05. The van der Waals surface area contributed by atoms with Crippen LogP contribution in [-0.2, 0) is 13.1 Å². The number of phenolic OH excluding ortho intramolecular Hbond substituents is 1. The topological polar surface area (TPSA) is 54.6 Å². The molecule has 2 aromatic rings. The number of hydrogen-bond donors (Lipinski definition) is 2. The summed E-state index contributed by atoms with van der Waals surface area (Å²) in [5.74, 6) is 2.47. The van der Waals surface area contributed by atoms with Crippen molar-refractivity contribution in [3.05, 3.63) is 47.4 Å². The molecule has 4 nitrogen and oxygen atoms in total. The molecule has 0 bridgehead atoms. The van der Waals surface area contributed by atoms with E-state index >= 15 is 0 Å². The molecule has 2 rings (SSSR count). The van der Waals surface area contributed by atoms with Crippen LogP contribution >= 0.6 is 0 Å². The van der Waals surface area contributed by atoms with Gasteiger partial charge in [-0.25, -0.2) is 0 Å². The molecule has 1 aromatic carbocycles. The zero-order valence-electron chi connectivity index (χ0n) is 10.6. The van der Waals surface area contributed by atoms with E-state index in [2.05, 4.69) is 5.32 Å². The molecule has 18 heavy (non-hydrogen) atoms. The Labute approximate surface area is 106 Å². The lowest BCUT2D eigenvalue weighted by Gasteiger charge is -2.07. The number of nitrogens with one attached hydrogen (secondary N) is 1. The highest BCUT2D eigenvalue weighted by Crippen LogP contribution is 2.26.